The molecule has 2 aliphatic rings. The highest BCUT2D eigenvalue weighted by molar-refractivity contribution is 7.43. The van der Waals surface area contributed by atoms with E-state index in [-0.39, 0.29) is 6.79 Å². The van der Waals surface area contributed by atoms with Crippen molar-refractivity contribution >= 4 is 34.4 Å². The minimum absolute atomic E-state index is 0.0547. The van der Waals surface area contributed by atoms with Gasteiger partial charge in [0.05, 0.1) is 0 Å². The van der Waals surface area contributed by atoms with E-state index < -0.39 is 34.4 Å². The molecule has 0 aromatic heterocycles. The molecule has 0 bridgehead atoms. The topological polar surface area (TPSA) is 111 Å². The molecular formula is C9H24O12P4. The average Bonchev–Trinajstić information content (AvgIpc) is 2.55. The van der Waals surface area contributed by atoms with Crippen molar-refractivity contribution in [1.82, 2.24) is 0 Å². The molecule has 0 unspecified atom stereocenters. The Hall–Kier alpha value is 1.24. The summed E-state index contributed by atoms with van der Waals surface area (Å²) in [5, 5.41) is 0. The van der Waals surface area contributed by atoms with E-state index in [1.54, 1.807) is 28.4 Å². The molecule has 0 amide bonds. The molecule has 0 saturated carbocycles. The molecule has 2 aliphatic heterocycles. The molecule has 0 aromatic carbocycles. The van der Waals surface area contributed by atoms with Crippen LogP contribution in [0, 0.1) is 0 Å². The average molecular weight is 448 g/mol. The third-order valence-electron chi connectivity index (χ3n) is 1.84. The van der Waals surface area contributed by atoms with Gasteiger partial charge in [-0.05, 0) is 0 Å². The van der Waals surface area contributed by atoms with E-state index in [1.165, 1.54) is 14.2 Å². The molecule has 0 spiro atoms. The largest absolute Gasteiger partial charge is 0.339 e. The zero-order valence-corrected chi connectivity index (χ0v) is 18.4. The molecule has 2 rings (SSSR count). The van der Waals surface area contributed by atoms with Crippen LogP contribution in [0.3, 0.4) is 0 Å². The second-order valence-corrected chi connectivity index (χ2v) is 8.65. The summed E-state index contributed by atoms with van der Waals surface area (Å²) in [6, 6.07) is 0. The van der Waals surface area contributed by atoms with Crippen LogP contribution in [-0.2, 0) is 54.3 Å². The minimum atomic E-state index is -1.29. The molecular weight excluding hydrogens is 424 g/mol. The van der Waals surface area contributed by atoms with Crippen molar-refractivity contribution in [3.05, 3.63) is 0 Å². The number of hydrogen-bond donors (Lipinski definition) is 0. The molecule has 12 nitrogen and oxygen atoms in total. The maximum absolute atomic E-state index is 5.00. The van der Waals surface area contributed by atoms with Gasteiger partial charge >= 0.3 is 34.4 Å². The number of hydrogen-bond acceptors (Lipinski definition) is 12. The van der Waals surface area contributed by atoms with Crippen LogP contribution >= 0.6 is 34.4 Å². The second kappa shape index (κ2) is 18.6. The summed E-state index contributed by atoms with van der Waals surface area (Å²) in [6.07, 6.45) is 0. The summed E-state index contributed by atoms with van der Waals surface area (Å²) >= 11 is 0. The SMILES string of the molecule is COP(OC)OC.COP(OC)OCOP1OCO1.COP1OCO1. The van der Waals surface area contributed by atoms with Crippen LogP contribution in [0.1, 0.15) is 0 Å². The van der Waals surface area contributed by atoms with Crippen LogP contribution < -0.4 is 0 Å². The highest BCUT2D eigenvalue weighted by Gasteiger charge is 2.22. The van der Waals surface area contributed by atoms with Crippen LogP contribution in [0.15, 0.2) is 0 Å². The molecule has 2 heterocycles. The van der Waals surface area contributed by atoms with Crippen molar-refractivity contribution < 1.29 is 54.3 Å². The van der Waals surface area contributed by atoms with Crippen molar-refractivity contribution in [2.75, 3.05) is 63.0 Å². The first kappa shape index (κ1) is 26.2. The lowest BCUT2D eigenvalue weighted by molar-refractivity contribution is -0.0310. The van der Waals surface area contributed by atoms with Gasteiger partial charge in [0.2, 0.25) is 0 Å². The standard InChI is InChI=1S/C4H10O6P2.C3H9O3P.C2H5O3P/c1-5-11(6-2)7-3-8-12-9-4-10-12;1-4-7(5-2)6-3;1-3-6-4-2-5-6/h3-4H2,1-2H3;1-3H3;2H2,1H3. The van der Waals surface area contributed by atoms with E-state index in [2.05, 4.69) is 18.1 Å². The van der Waals surface area contributed by atoms with Crippen molar-refractivity contribution in [3.8, 4) is 0 Å². The second-order valence-electron chi connectivity index (χ2n) is 3.12. The fraction of sp³-hybridized carbons (Fsp3) is 1.00. The third-order valence-corrected chi connectivity index (χ3v) is 5.53. The van der Waals surface area contributed by atoms with Gasteiger partial charge in [-0.3, -0.25) is 27.1 Å². The smallest absolute Gasteiger partial charge is 0.316 e. The normalized spacial score (nSPS) is 17.3. The van der Waals surface area contributed by atoms with Gasteiger partial charge in [0.15, 0.2) is 20.4 Å². The van der Waals surface area contributed by atoms with Gasteiger partial charge in [-0.2, -0.15) is 0 Å². The Morgan fingerprint density at radius 3 is 1.32 bits per heavy atom. The van der Waals surface area contributed by atoms with E-state index in [1.807, 2.05) is 0 Å². The maximum Gasteiger partial charge on any atom is 0.339 e. The first-order chi connectivity index (χ1) is 12.1. The zero-order valence-electron chi connectivity index (χ0n) is 14.8. The Bertz CT molecular complexity index is 269. The molecule has 152 valence electrons. The van der Waals surface area contributed by atoms with Crippen LogP contribution in [0.5, 0.6) is 0 Å². The minimum Gasteiger partial charge on any atom is -0.316 e. The van der Waals surface area contributed by atoms with Crippen molar-refractivity contribution in [2.24, 2.45) is 0 Å². The van der Waals surface area contributed by atoms with Gasteiger partial charge in [-0.25, -0.2) is 0 Å². The van der Waals surface area contributed by atoms with Crippen LogP contribution in [0.2, 0.25) is 0 Å². The highest BCUT2D eigenvalue weighted by atomic mass is 31.2. The van der Waals surface area contributed by atoms with Crippen LogP contribution in [0.25, 0.3) is 0 Å². The summed E-state index contributed by atoms with van der Waals surface area (Å²) in [7, 11) is 4.77. The Morgan fingerprint density at radius 1 is 0.680 bits per heavy atom. The Labute approximate surface area is 152 Å². The molecule has 0 aromatic rings. The summed E-state index contributed by atoms with van der Waals surface area (Å²) in [4.78, 5) is 0. The molecule has 2 saturated heterocycles. The molecule has 0 aliphatic carbocycles. The summed E-state index contributed by atoms with van der Waals surface area (Å²) in [5.74, 6) is 0. The van der Waals surface area contributed by atoms with E-state index >= 15 is 0 Å². The monoisotopic (exact) mass is 448 g/mol. The first-order valence-corrected chi connectivity index (χ1v) is 10.8. The highest BCUT2D eigenvalue weighted by Crippen LogP contribution is 2.48. The summed E-state index contributed by atoms with van der Waals surface area (Å²) in [5.41, 5.74) is 0. The lowest BCUT2D eigenvalue weighted by Crippen LogP contribution is -2.09. The Kier molecular flexibility index (Phi) is 19.5. The third kappa shape index (κ3) is 14.0. The molecule has 0 radical (unpaired) electrons. The predicted molar refractivity (Wildman–Crippen MR) is 90.8 cm³/mol. The molecule has 16 heteroatoms. The quantitative estimate of drug-likeness (QED) is 0.359. The first-order valence-electron chi connectivity index (χ1n) is 6.37. The van der Waals surface area contributed by atoms with Crippen LogP contribution in [-0.4, -0.2) is 63.0 Å². The Balaban J connectivity index is 0.000000377. The van der Waals surface area contributed by atoms with E-state index in [9.17, 15) is 0 Å². The van der Waals surface area contributed by atoms with Crippen molar-refractivity contribution in [2.45, 2.75) is 0 Å². The lowest BCUT2D eigenvalue weighted by atomic mass is 11.5. The van der Waals surface area contributed by atoms with E-state index in [0.717, 1.165) is 0 Å². The molecule has 0 N–H and O–H groups in total. The van der Waals surface area contributed by atoms with Crippen molar-refractivity contribution in [3.63, 3.8) is 0 Å². The van der Waals surface area contributed by atoms with Gasteiger partial charge in [-0.1, -0.05) is 0 Å². The fourth-order valence-electron chi connectivity index (χ4n) is 0.885. The predicted octanol–water partition coefficient (Wildman–Crippen LogP) is 3.74. The zero-order chi connectivity index (χ0) is 18.9. The van der Waals surface area contributed by atoms with Gasteiger partial charge in [0.1, 0.15) is 0 Å². The van der Waals surface area contributed by atoms with E-state index in [0.29, 0.717) is 13.6 Å². The van der Waals surface area contributed by atoms with Gasteiger partial charge in [-0.15, -0.1) is 0 Å². The molecule has 2 fully saturated rings. The van der Waals surface area contributed by atoms with Crippen LogP contribution in [0.4, 0.5) is 0 Å². The van der Waals surface area contributed by atoms with E-state index in [4.69, 9.17) is 36.2 Å². The molecule has 25 heavy (non-hydrogen) atoms. The summed E-state index contributed by atoms with van der Waals surface area (Å²) < 4.78 is 57.3. The Morgan fingerprint density at radius 2 is 1.12 bits per heavy atom. The lowest BCUT2D eigenvalue weighted by Gasteiger charge is -2.23. The maximum atomic E-state index is 5.00. The van der Waals surface area contributed by atoms with Crippen molar-refractivity contribution in [1.29, 1.82) is 0 Å². The fourth-order valence-corrected chi connectivity index (χ4v) is 2.80. The van der Waals surface area contributed by atoms with Gasteiger partial charge in [0.25, 0.3) is 0 Å². The number of rotatable bonds is 10. The van der Waals surface area contributed by atoms with Gasteiger partial charge < -0.3 is 27.1 Å². The molecule has 0 atom stereocenters. The van der Waals surface area contributed by atoms with Gasteiger partial charge in [0, 0.05) is 42.7 Å². The summed E-state index contributed by atoms with van der Waals surface area (Å²) in [6.45, 7) is 0.758.